The Morgan fingerprint density at radius 3 is 2.40 bits per heavy atom. The molecule has 11 nitrogen and oxygen atoms in total. The normalized spacial score (nSPS) is 18.8. The summed E-state index contributed by atoms with van der Waals surface area (Å²) in [5, 5.41) is 9.19. The summed E-state index contributed by atoms with van der Waals surface area (Å²) in [6.45, 7) is 9.86. The third kappa shape index (κ3) is 12.0. The number of likely N-dealkylation sites (tertiary alicyclic amines) is 1. The molecule has 242 valence electrons. The quantitative estimate of drug-likeness (QED) is 0.111. The third-order valence-corrected chi connectivity index (χ3v) is 7.98. The maximum atomic E-state index is 14.1. The summed E-state index contributed by atoms with van der Waals surface area (Å²) in [7, 11) is 0. The number of rotatable bonds is 20. The van der Waals surface area contributed by atoms with Crippen molar-refractivity contribution in [1.82, 2.24) is 25.8 Å². The summed E-state index contributed by atoms with van der Waals surface area (Å²) in [6, 6.07) is 1.66. The van der Waals surface area contributed by atoms with Gasteiger partial charge in [-0.05, 0) is 82.0 Å². The first kappa shape index (κ1) is 36.3. The Morgan fingerprint density at radius 1 is 1.05 bits per heavy atom. The molecular formula is C32H55N7O4. The van der Waals surface area contributed by atoms with Crippen LogP contribution >= 0.6 is 0 Å². The highest BCUT2D eigenvalue weighted by Crippen LogP contribution is 2.32. The molecule has 0 aliphatic carbocycles. The number of hydrogen-bond donors (Lipinski definition) is 5. The van der Waals surface area contributed by atoms with Crippen LogP contribution in [0.15, 0.2) is 24.5 Å². The summed E-state index contributed by atoms with van der Waals surface area (Å²) in [5.41, 5.74) is 11.5. The zero-order valence-corrected chi connectivity index (χ0v) is 26.6. The number of aldehydes is 1. The predicted octanol–water partition coefficient (Wildman–Crippen LogP) is 1.82. The molecule has 1 aromatic rings. The molecule has 0 radical (unpaired) electrons. The standard InChI is InChI=1S/C32H55N7O4/c1-23(2)19-28(38-29(41)26(34)12-5-7-15-33)30(42)37-27(13-6-8-17-36-24(3)4)31(43)39-18-10-14-32(39,22-40)20-25-11-9-16-35-21-25/h9,11,16,21-24,26-28,36H,5-8,10,12-15,17-20,33-34H2,1-4H3,(H,37,42)(H,38,41)/t26-,27-,28-,32+/m0/s1. The van der Waals surface area contributed by atoms with Gasteiger partial charge in [0.05, 0.1) is 6.04 Å². The lowest BCUT2D eigenvalue weighted by Gasteiger charge is -2.37. The van der Waals surface area contributed by atoms with Gasteiger partial charge in [-0.25, -0.2) is 0 Å². The van der Waals surface area contributed by atoms with Crippen LogP contribution in [0.25, 0.3) is 0 Å². The molecule has 1 aliphatic heterocycles. The molecule has 7 N–H and O–H groups in total. The maximum absolute atomic E-state index is 14.1. The van der Waals surface area contributed by atoms with E-state index in [0.717, 1.165) is 37.7 Å². The second kappa shape index (κ2) is 18.7. The van der Waals surface area contributed by atoms with Gasteiger partial charge in [0.15, 0.2) is 0 Å². The lowest BCUT2D eigenvalue weighted by atomic mass is 9.89. The molecule has 0 bridgehead atoms. The van der Waals surface area contributed by atoms with Crippen LogP contribution in [0.4, 0.5) is 0 Å². The van der Waals surface area contributed by atoms with E-state index in [1.807, 2.05) is 26.0 Å². The van der Waals surface area contributed by atoms with Crippen molar-refractivity contribution < 1.29 is 19.2 Å². The van der Waals surface area contributed by atoms with Gasteiger partial charge in [0.1, 0.15) is 23.9 Å². The van der Waals surface area contributed by atoms with Crippen LogP contribution in [0.3, 0.4) is 0 Å². The minimum Gasteiger partial charge on any atom is -0.343 e. The second-order valence-corrected chi connectivity index (χ2v) is 12.6. The molecular weight excluding hydrogens is 546 g/mol. The summed E-state index contributed by atoms with van der Waals surface area (Å²) in [5.74, 6) is -0.970. The second-order valence-electron chi connectivity index (χ2n) is 12.6. The zero-order valence-electron chi connectivity index (χ0n) is 26.6. The SMILES string of the molecule is CC(C)C[C@H](NC(=O)[C@@H](N)CCCCN)C(=O)N[C@@H](CCCCNC(C)C)C(=O)N1CCC[C@]1(C=O)Cc1cccnc1. The topological polar surface area (TPSA) is 173 Å². The minimum absolute atomic E-state index is 0.113. The average Bonchev–Trinajstić information content (AvgIpc) is 3.39. The van der Waals surface area contributed by atoms with E-state index in [-0.39, 0.29) is 11.8 Å². The van der Waals surface area contributed by atoms with Crippen molar-refractivity contribution in [2.24, 2.45) is 17.4 Å². The van der Waals surface area contributed by atoms with Crippen LogP contribution in [0.1, 0.15) is 91.0 Å². The summed E-state index contributed by atoms with van der Waals surface area (Å²) >= 11 is 0. The van der Waals surface area contributed by atoms with E-state index in [4.69, 9.17) is 11.5 Å². The van der Waals surface area contributed by atoms with Gasteiger partial charge in [-0.1, -0.05) is 40.2 Å². The molecule has 2 heterocycles. The van der Waals surface area contributed by atoms with Crippen LogP contribution < -0.4 is 27.4 Å². The van der Waals surface area contributed by atoms with Crippen molar-refractivity contribution in [3.8, 4) is 0 Å². The molecule has 0 spiro atoms. The Kier molecular flexibility index (Phi) is 15.8. The zero-order chi connectivity index (χ0) is 31.8. The van der Waals surface area contributed by atoms with Crippen LogP contribution in [0.2, 0.25) is 0 Å². The lowest BCUT2D eigenvalue weighted by molar-refractivity contribution is -0.143. The molecule has 43 heavy (non-hydrogen) atoms. The number of hydrogen-bond acceptors (Lipinski definition) is 8. The molecule has 1 saturated heterocycles. The van der Waals surface area contributed by atoms with Crippen molar-refractivity contribution in [3.63, 3.8) is 0 Å². The highest BCUT2D eigenvalue weighted by atomic mass is 16.2. The van der Waals surface area contributed by atoms with Gasteiger partial charge >= 0.3 is 0 Å². The Bertz CT molecular complexity index is 1010. The molecule has 1 aliphatic rings. The summed E-state index contributed by atoms with van der Waals surface area (Å²) < 4.78 is 0. The number of amides is 3. The third-order valence-electron chi connectivity index (χ3n) is 7.98. The fourth-order valence-corrected chi connectivity index (χ4v) is 5.64. The van der Waals surface area contributed by atoms with Gasteiger partial charge < -0.3 is 37.1 Å². The first-order chi connectivity index (χ1) is 20.5. The number of carbonyl (C=O) groups excluding carboxylic acids is 4. The van der Waals surface area contributed by atoms with E-state index in [2.05, 4.69) is 34.8 Å². The Morgan fingerprint density at radius 2 is 1.77 bits per heavy atom. The van der Waals surface area contributed by atoms with Crippen molar-refractivity contribution >= 4 is 24.0 Å². The Labute approximate surface area is 257 Å². The Balaban J connectivity index is 2.24. The van der Waals surface area contributed by atoms with Gasteiger partial charge in [-0.3, -0.25) is 19.4 Å². The molecule has 4 atom stereocenters. The van der Waals surface area contributed by atoms with Gasteiger partial charge in [0, 0.05) is 31.4 Å². The van der Waals surface area contributed by atoms with E-state index in [1.165, 1.54) is 0 Å². The number of nitrogens with two attached hydrogens (primary N) is 2. The first-order valence-electron chi connectivity index (χ1n) is 16.0. The number of pyridine rings is 1. The van der Waals surface area contributed by atoms with E-state index < -0.39 is 35.5 Å². The fourth-order valence-electron chi connectivity index (χ4n) is 5.64. The monoisotopic (exact) mass is 601 g/mol. The number of unbranched alkanes of at least 4 members (excludes halogenated alkanes) is 2. The van der Waals surface area contributed by atoms with Crippen molar-refractivity contribution in [3.05, 3.63) is 30.1 Å². The number of nitrogens with one attached hydrogen (secondary N) is 3. The average molecular weight is 602 g/mol. The van der Waals surface area contributed by atoms with Crippen LogP contribution in [-0.2, 0) is 25.6 Å². The first-order valence-corrected chi connectivity index (χ1v) is 16.0. The fraction of sp³-hybridized carbons (Fsp3) is 0.719. The van der Waals surface area contributed by atoms with Crippen molar-refractivity contribution in [2.75, 3.05) is 19.6 Å². The molecule has 0 aromatic carbocycles. The molecule has 1 fully saturated rings. The van der Waals surface area contributed by atoms with Gasteiger partial charge in [0.25, 0.3) is 0 Å². The highest BCUT2D eigenvalue weighted by molar-refractivity contribution is 5.94. The van der Waals surface area contributed by atoms with E-state index in [1.54, 1.807) is 17.3 Å². The van der Waals surface area contributed by atoms with Gasteiger partial charge in [0.2, 0.25) is 17.7 Å². The maximum Gasteiger partial charge on any atom is 0.245 e. The number of carbonyl (C=O) groups is 4. The Hall–Kier alpha value is -2.89. The largest absolute Gasteiger partial charge is 0.343 e. The van der Waals surface area contributed by atoms with Crippen molar-refractivity contribution in [1.29, 1.82) is 0 Å². The van der Waals surface area contributed by atoms with Crippen LogP contribution in [0.5, 0.6) is 0 Å². The van der Waals surface area contributed by atoms with Gasteiger partial charge in [-0.2, -0.15) is 0 Å². The van der Waals surface area contributed by atoms with E-state index in [9.17, 15) is 19.2 Å². The molecule has 1 aromatic heterocycles. The predicted molar refractivity (Wildman–Crippen MR) is 169 cm³/mol. The minimum atomic E-state index is -0.996. The van der Waals surface area contributed by atoms with E-state index in [0.29, 0.717) is 64.1 Å². The molecule has 2 rings (SSSR count). The number of nitrogens with zero attached hydrogens (tertiary/aromatic N) is 2. The molecule has 3 amide bonds. The molecule has 0 unspecified atom stereocenters. The lowest BCUT2D eigenvalue weighted by Crippen LogP contribution is -2.59. The summed E-state index contributed by atoms with van der Waals surface area (Å²) in [6.07, 6.45) is 10.2. The van der Waals surface area contributed by atoms with E-state index >= 15 is 0 Å². The molecule has 0 saturated carbocycles. The van der Waals surface area contributed by atoms with Gasteiger partial charge in [-0.15, -0.1) is 0 Å². The molecule has 11 heteroatoms. The number of aromatic nitrogens is 1. The van der Waals surface area contributed by atoms with Crippen LogP contribution in [-0.4, -0.2) is 83.2 Å². The smallest absolute Gasteiger partial charge is 0.245 e. The van der Waals surface area contributed by atoms with Crippen molar-refractivity contribution in [2.45, 2.75) is 122 Å². The highest BCUT2D eigenvalue weighted by Gasteiger charge is 2.45. The summed E-state index contributed by atoms with van der Waals surface area (Å²) in [4.78, 5) is 59.1. The van der Waals surface area contributed by atoms with Crippen LogP contribution in [0, 0.1) is 5.92 Å².